The second-order valence-electron chi connectivity index (χ2n) is 7.52. The van der Waals surface area contributed by atoms with Gasteiger partial charge in [-0.15, -0.1) is 0 Å². The largest absolute Gasteiger partial charge is 0.487 e. The zero-order chi connectivity index (χ0) is 23.6. The zero-order valence-electron chi connectivity index (χ0n) is 18.9. The molecule has 0 aliphatic rings. The number of hydrogen-bond acceptors (Lipinski definition) is 6. The molecular formula is C26H27N3O4. The van der Waals surface area contributed by atoms with Gasteiger partial charge in [-0.2, -0.15) is 0 Å². The Labute approximate surface area is 193 Å². The molecule has 0 bridgehead atoms. The van der Waals surface area contributed by atoms with Crippen LogP contribution >= 0.6 is 0 Å². The molecule has 0 spiro atoms. The van der Waals surface area contributed by atoms with Crippen LogP contribution in [0.5, 0.6) is 5.75 Å². The third-order valence-electron chi connectivity index (χ3n) is 4.72. The number of anilines is 2. The molecule has 1 amide bonds. The summed E-state index contributed by atoms with van der Waals surface area (Å²) >= 11 is 0. The average molecular weight is 446 g/mol. The monoisotopic (exact) mass is 445 g/mol. The van der Waals surface area contributed by atoms with E-state index in [-0.39, 0.29) is 0 Å². The van der Waals surface area contributed by atoms with Crippen LogP contribution in [0.15, 0.2) is 79.0 Å². The summed E-state index contributed by atoms with van der Waals surface area (Å²) in [6.45, 7) is 1.91. The molecule has 3 rings (SSSR count). The molecule has 1 aromatic heterocycles. The van der Waals surface area contributed by atoms with E-state index >= 15 is 0 Å². The Kier molecular flexibility index (Phi) is 8.18. The van der Waals surface area contributed by atoms with E-state index in [1.54, 1.807) is 24.4 Å². The summed E-state index contributed by atoms with van der Waals surface area (Å²) in [5.74, 6) is -0.302. The third-order valence-corrected chi connectivity index (χ3v) is 4.72. The van der Waals surface area contributed by atoms with Crippen molar-refractivity contribution in [1.29, 1.82) is 0 Å². The minimum atomic E-state index is -0.932. The van der Waals surface area contributed by atoms with Gasteiger partial charge in [0, 0.05) is 37.7 Å². The first-order chi connectivity index (χ1) is 15.9. The Balaban J connectivity index is 1.45. The summed E-state index contributed by atoms with van der Waals surface area (Å²) in [7, 11) is 3.88. The lowest BCUT2D eigenvalue weighted by molar-refractivity contribution is -0.148. The van der Waals surface area contributed by atoms with Crippen LogP contribution in [0, 0.1) is 0 Å². The summed E-state index contributed by atoms with van der Waals surface area (Å²) < 4.78 is 10.9. The van der Waals surface area contributed by atoms with Crippen molar-refractivity contribution in [3.05, 3.63) is 90.3 Å². The van der Waals surface area contributed by atoms with Crippen LogP contribution in [0.1, 0.15) is 18.2 Å². The summed E-state index contributed by atoms with van der Waals surface area (Å²) in [6.07, 6.45) is 3.70. The van der Waals surface area contributed by atoms with Gasteiger partial charge in [-0.3, -0.25) is 9.78 Å². The van der Waals surface area contributed by atoms with Gasteiger partial charge in [0.1, 0.15) is 12.4 Å². The number of amides is 1. The number of rotatable bonds is 9. The molecule has 1 heterocycles. The van der Waals surface area contributed by atoms with E-state index in [9.17, 15) is 9.59 Å². The highest BCUT2D eigenvalue weighted by molar-refractivity contribution is 5.96. The second-order valence-corrected chi connectivity index (χ2v) is 7.52. The number of esters is 1. The van der Waals surface area contributed by atoms with Crippen LogP contribution in [0.3, 0.4) is 0 Å². The van der Waals surface area contributed by atoms with Crippen molar-refractivity contribution in [2.24, 2.45) is 0 Å². The molecule has 170 valence electrons. The predicted molar refractivity (Wildman–Crippen MR) is 129 cm³/mol. The SMILES string of the molecule is CC(OC(=O)/C=C/c1ccc(OCc2ccccn2)cc1)C(=O)Nc1ccc(N(C)C)cc1. The fourth-order valence-corrected chi connectivity index (χ4v) is 2.83. The molecule has 33 heavy (non-hydrogen) atoms. The summed E-state index contributed by atoms with van der Waals surface area (Å²) in [6, 6.07) is 20.3. The molecule has 7 heteroatoms. The number of nitrogens with zero attached hydrogens (tertiary/aromatic N) is 2. The smallest absolute Gasteiger partial charge is 0.331 e. The molecule has 0 aliphatic heterocycles. The molecule has 0 aliphatic carbocycles. The Morgan fingerprint density at radius 2 is 1.76 bits per heavy atom. The van der Waals surface area contributed by atoms with Crippen molar-refractivity contribution in [3.63, 3.8) is 0 Å². The highest BCUT2D eigenvalue weighted by atomic mass is 16.5. The van der Waals surface area contributed by atoms with Gasteiger partial charge in [0.05, 0.1) is 5.69 Å². The van der Waals surface area contributed by atoms with Gasteiger partial charge in [-0.05, 0) is 67.1 Å². The minimum Gasteiger partial charge on any atom is -0.487 e. The maximum Gasteiger partial charge on any atom is 0.331 e. The quantitative estimate of drug-likeness (QED) is 0.391. The molecule has 1 N–H and O–H groups in total. The number of pyridine rings is 1. The summed E-state index contributed by atoms with van der Waals surface area (Å²) in [4.78, 5) is 30.6. The predicted octanol–water partition coefficient (Wildman–Crippen LogP) is 4.31. The average Bonchev–Trinajstić information content (AvgIpc) is 2.83. The molecule has 1 unspecified atom stereocenters. The van der Waals surface area contributed by atoms with Crippen LogP contribution in [-0.2, 0) is 20.9 Å². The van der Waals surface area contributed by atoms with Gasteiger partial charge in [0.15, 0.2) is 6.10 Å². The van der Waals surface area contributed by atoms with E-state index in [0.29, 0.717) is 18.0 Å². The highest BCUT2D eigenvalue weighted by Gasteiger charge is 2.16. The third kappa shape index (κ3) is 7.50. The van der Waals surface area contributed by atoms with Gasteiger partial charge < -0.3 is 19.7 Å². The van der Waals surface area contributed by atoms with Crippen LogP contribution in [0.4, 0.5) is 11.4 Å². The van der Waals surface area contributed by atoms with Crippen molar-refractivity contribution >= 4 is 29.3 Å². The summed E-state index contributed by atoms with van der Waals surface area (Å²) in [5, 5.41) is 2.74. The lowest BCUT2D eigenvalue weighted by Crippen LogP contribution is -2.29. The number of hydrogen-bond donors (Lipinski definition) is 1. The molecule has 0 radical (unpaired) electrons. The maximum atomic E-state index is 12.3. The van der Waals surface area contributed by atoms with E-state index in [1.807, 2.05) is 73.6 Å². The summed E-state index contributed by atoms with van der Waals surface area (Å²) in [5.41, 5.74) is 3.29. The second kappa shape index (κ2) is 11.5. The first kappa shape index (κ1) is 23.5. The normalized spacial score (nSPS) is 11.6. The zero-order valence-corrected chi connectivity index (χ0v) is 18.9. The van der Waals surface area contributed by atoms with Gasteiger partial charge in [0.25, 0.3) is 5.91 Å². The number of aromatic nitrogens is 1. The van der Waals surface area contributed by atoms with E-state index in [0.717, 1.165) is 16.9 Å². The first-order valence-corrected chi connectivity index (χ1v) is 10.5. The van der Waals surface area contributed by atoms with Gasteiger partial charge in [0.2, 0.25) is 0 Å². The van der Waals surface area contributed by atoms with E-state index in [2.05, 4.69) is 10.3 Å². The fourth-order valence-electron chi connectivity index (χ4n) is 2.83. The molecule has 3 aromatic rings. The number of ether oxygens (including phenoxy) is 2. The van der Waals surface area contributed by atoms with E-state index < -0.39 is 18.0 Å². The first-order valence-electron chi connectivity index (χ1n) is 10.5. The number of benzene rings is 2. The minimum absolute atomic E-state index is 0.377. The standard InChI is InChI=1S/C26H27N3O4/c1-19(26(31)28-21-10-12-23(13-11-21)29(2)3)33-25(30)16-9-20-7-14-24(15-8-20)32-18-22-6-4-5-17-27-22/h4-17,19H,18H2,1-3H3,(H,28,31)/b16-9+. The van der Waals surface area contributed by atoms with Crippen LogP contribution in [0.25, 0.3) is 6.08 Å². The molecular weight excluding hydrogens is 418 g/mol. The molecule has 0 saturated heterocycles. The van der Waals surface area contributed by atoms with Crippen LogP contribution in [-0.4, -0.2) is 37.1 Å². The Hall–Kier alpha value is -4.13. The van der Waals surface area contributed by atoms with Crippen molar-refractivity contribution < 1.29 is 19.1 Å². The number of carbonyl (C=O) groups is 2. The topological polar surface area (TPSA) is 80.8 Å². The van der Waals surface area contributed by atoms with Crippen LogP contribution < -0.4 is 15.0 Å². The Bertz CT molecular complexity index is 1080. The van der Waals surface area contributed by atoms with Crippen molar-refractivity contribution in [2.75, 3.05) is 24.3 Å². The Morgan fingerprint density at radius 3 is 2.39 bits per heavy atom. The van der Waals surface area contributed by atoms with Crippen molar-refractivity contribution in [2.45, 2.75) is 19.6 Å². The van der Waals surface area contributed by atoms with E-state index in [4.69, 9.17) is 9.47 Å². The number of nitrogens with one attached hydrogen (secondary N) is 1. The van der Waals surface area contributed by atoms with Gasteiger partial charge in [-0.25, -0.2) is 4.79 Å². The Morgan fingerprint density at radius 1 is 1.03 bits per heavy atom. The van der Waals surface area contributed by atoms with Gasteiger partial charge in [-0.1, -0.05) is 18.2 Å². The fraction of sp³-hybridized carbons (Fsp3) is 0.192. The van der Waals surface area contributed by atoms with Crippen LogP contribution in [0.2, 0.25) is 0 Å². The molecule has 2 aromatic carbocycles. The maximum absolute atomic E-state index is 12.3. The molecule has 7 nitrogen and oxygen atoms in total. The van der Waals surface area contributed by atoms with Crippen molar-refractivity contribution in [1.82, 2.24) is 4.98 Å². The lowest BCUT2D eigenvalue weighted by Gasteiger charge is -2.15. The number of carbonyl (C=O) groups excluding carboxylic acids is 2. The highest BCUT2D eigenvalue weighted by Crippen LogP contribution is 2.17. The van der Waals surface area contributed by atoms with Gasteiger partial charge >= 0.3 is 5.97 Å². The van der Waals surface area contributed by atoms with Crippen molar-refractivity contribution in [3.8, 4) is 5.75 Å². The molecule has 1 atom stereocenters. The molecule has 0 fully saturated rings. The lowest BCUT2D eigenvalue weighted by atomic mass is 10.2. The molecule has 0 saturated carbocycles. The van der Waals surface area contributed by atoms with E-state index in [1.165, 1.54) is 13.0 Å².